The molecule has 0 aromatic carbocycles. The molecule has 78 valence electrons. The first-order valence-corrected chi connectivity index (χ1v) is 4.93. The van der Waals surface area contributed by atoms with Crippen LogP contribution in [-0.2, 0) is 9.53 Å². The summed E-state index contributed by atoms with van der Waals surface area (Å²) in [4.78, 5) is 10.5. The molecule has 0 aliphatic rings. The van der Waals surface area contributed by atoms with Gasteiger partial charge in [-0.15, -0.1) is 0 Å². The van der Waals surface area contributed by atoms with Crippen LogP contribution < -0.4 is 5.32 Å². The average molecular weight is 187 g/mol. The number of hydrogen-bond donors (Lipinski definition) is 1. The van der Waals surface area contributed by atoms with E-state index in [4.69, 9.17) is 4.74 Å². The standard InChI is InChI=1S/C10H21NO2/c1-9(2)11-6-4-5-7-13-8-10(3)12/h9,11H,4-8H2,1-3H3. The molecule has 0 heterocycles. The number of ether oxygens (including phenoxy) is 1. The highest BCUT2D eigenvalue weighted by molar-refractivity contribution is 5.76. The summed E-state index contributed by atoms with van der Waals surface area (Å²) in [6.07, 6.45) is 2.13. The average Bonchev–Trinajstić information content (AvgIpc) is 2.01. The molecule has 0 saturated carbocycles. The molecule has 0 bridgehead atoms. The van der Waals surface area contributed by atoms with Crippen LogP contribution in [0.25, 0.3) is 0 Å². The van der Waals surface area contributed by atoms with Gasteiger partial charge in [-0.25, -0.2) is 0 Å². The summed E-state index contributed by atoms with van der Waals surface area (Å²) in [7, 11) is 0. The molecule has 0 aliphatic carbocycles. The van der Waals surface area contributed by atoms with Gasteiger partial charge in [0.05, 0.1) is 0 Å². The van der Waals surface area contributed by atoms with Gasteiger partial charge in [-0.3, -0.25) is 4.79 Å². The maximum absolute atomic E-state index is 10.5. The van der Waals surface area contributed by atoms with Crippen LogP contribution in [0.1, 0.15) is 33.6 Å². The van der Waals surface area contributed by atoms with E-state index in [-0.39, 0.29) is 12.4 Å². The number of Topliss-reactive ketones (excluding diaryl/α,β-unsaturated/α-hetero) is 1. The molecule has 0 rings (SSSR count). The molecule has 0 aliphatic heterocycles. The van der Waals surface area contributed by atoms with Crippen LogP contribution in [0.15, 0.2) is 0 Å². The molecule has 1 N–H and O–H groups in total. The first kappa shape index (κ1) is 12.6. The molecule has 0 spiro atoms. The lowest BCUT2D eigenvalue weighted by atomic mass is 10.3. The number of carbonyl (C=O) groups excluding carboxylic acids is 1. The van der Waals surface area contributed by atoms with Gasteiger partial charge in [-0.2, -0.15) is 0 Å². The third-order valence-corrected chi connectivity index (χ3v) is 1.57. The summed E-state index contributed by atoms with van der Waals surface area (Å²) < 4.78 is 5.12. The third kappa shape index (κ3) is 11.6. The number of rotatable bonds is 8. The van der Waals surface area contributed by atoms with Gasteiger partial charge >= 0.3 is 0 Å². The molecule has 0 amide bonds. The second-order valence-electron chi connectivity index (χ2n) is 3.57. The summed E-state index contributed by atoms with van der Waals surface area (Å²) in [6, 6.07) is 0.554. The van der Waals surface area contributed by atoms with Crippen LogP contribution in [0.4, 0.5) is 0 Å². The van der Waals surface area contributed by atoms with Crippen LogP contribution in [0.2, 0.25) is 0 Å². The fraction of sp³-hybridized carbons (Fsp3) is 0.900. The van der Waals surface area contributed by atoms with Crippen molar-refractivity contribution in [2.24, 2.45) is 0 Å². The molecule has 0 saturated heterocycles. The van der Waals surface area contributed by atoms with E-state index in [2.05, 4.69) is 19.2 Å². The number of unbranched alkanes of at least 4 members (excludes halogenated alkanes) is 1. The van der Waals surface area contributed by atoms with Gasteiger partial charge in [0, 0.05) is 12.6 Å². The second-order valence-corrected chi connectivity index (χ2v) is 3.57. The zero-order valence-electron chi connectivity index (χ0n) is 8.93. The normalized spacial score (nSPS) is 10.8. The van der Waals surface area contributed by atoms with Crippen LogP contribution in [0.5, 0.6) is 0 Å². The van der Waals surface area contributed by atoms with E-state index in [0.29, 0.717) is 12.6 Å². The monoisotopic (exact) mass is 187 g/mol. The van der Waals surface area contributed by atoms with Gasteiger partial charge in [0.15, 0.2) is 5.78 Å². The van der Waals surface area contributed by atoms with Crippen molar-refractivity contribution in [3.8, 4) is 0 Å². The zero-order chi connectivity index (χ0) is 10.1. The lowest BCUT2D eigenvalue weighted by Gasteiger charge is -2.07. The molecule has 0 aromatic heterocycles. The number of hydrogen-bond acceptors (Lipinski definition) is 3. The first-order valence-electron chi connectivity index (χ1n) is 4.93. The van der Waals surface area contributed by atoms with E-state index < -0.39 is 0 Å². The summed E-state index contributed by atoms with van der Waals surface area (Å²) in [5, 5.41) is 3.32. The molecule has 0 atom stereocenters. The second kappa shape index (κ2) is 8.20. The third-order valence-electron chi connectivity index (χ3n) is 1.57. The Morgan fingerprint density at radius 3 is 2.62 bits per heavy atom. The van der Waals surface area contributed by atoms with Gasteiger partial charge in [0.1, 0.15) is 6.61 Å². The minimum Gasteiger partial charge on any atom is -0.374 e. The maximum Gasteiger partial charge on any atom is 0.155 e. The van der Waals surface area contributed by atoms with Gasteiger partial charge in [0.25, 0.3) is 0 Å². The first-order chi connectivity index (χ1) is 6.13. The van der Waals surface area contributed by atoms with Crippen molar-refractivity contribution in [2.45, 2.75) is 39.7 Å². The Morgan fingerprint density at radius 1 is 1.38 bits per heavy atom. The maximum atomic E-state index is 10.5. The van der Waals surface area contributed by atoms with Crippen molar-refractivity contribution in [1.82, 2.24) is 5.32 Å². The largest absolute Gasteiger partial charge is 0.374 e. The Kier molecular flexibility index (Phi) is 7.94. The molecule has 3 nitrogen and oxygen atoms in total. The van der Waals surface area contributed by atoms with Crippen LogP contribution in [-0.4, -0.2) is 31.6 Å². The Morgan fingerprint density at radius 2 is 2.08 bits per heavy atom. The Bertz CT molecular complexity index is 135. The van der Waals surface area contributed by atoms with E-state index in [1.807, 2.05) is 0 Å². The Labute approximate surface area is 80.8 Å². The predicted molar refractivity (Wildman–Crippen MR) is 53.9 cm³/mol. The molecular formula is C10H21NO2. The molecular weight excluding hydrogens is 166 g/mol. The molecule has 13 heavy (non-hydrogen) atoms. The molecule has 0 unspecified atom stereocenters. The number of nitrogens with one attached hydrogen (secondary N) is 1. The number of ketones is 1. The van der Waals surface area contributed by atoms with E-state index >= 15 is 0 Å². The smallest absolute Gasteiger partial charge is 0.155 e. The molecule has 0 fully saturated rings. The van der Waals surface area contributed by atoms with Crippen molar-refractivity contribution in [2.75, 3.05) is 19.8 Å². The zero-order valence-corrected chi connectivity index (χ0v) is 8.93. The minimum absolute atomic E-state index is 0.0975. The lowest BCUT2D eigenvalue weighted by Crippen LogP contribution is -2.23. The minimum atomic E-state index is 0.0975. The summed E-state index contributed by atoms with van der Waals surface area (Å²) in [5.74, 6) is 0.0975. The van der Waals surface area contributed by atoms with E-state index in [9.17, 15) is 4.79 Å². The van der Waals surface area contributed by atoms with Crippen LogP contribution >= 0.6 is 0 Å². The van der Waals surface area contributed by atoms with Crippen LogP contribution in [0, 0.1) is 0 Å². The van der Waals surface area contributed by atoms with Crippen molar-refractivity contribution >= 4 is 5.78 Å². The Hall–Kier alpha value is -0.410. The van der Waals surface area contributed by atoms with Gasteiger partial charge in [0.2, 0.25) is 0 Å². The lowest BCUT2D eigenvalue weighted by molar-refractivity contribution is -0.121. The number of carbonyl (C=O) groups is 1. The van der Waals surface area contributed by atoms with Gasteiger partial charge in [-0.05, 0) is 26.3 Å². The van der Waals surface area contributed by atoms with Gasteiger partial charge < -0.3 is 10.1 Å². The summed E-state index contributed by atoms with van der Waals surface area (Å²) in [6.45, 7) is 7.79. The van der Waals surface area contributed by atoms with Crippen molar-refractivity contribution < 1.29 is 9.53 Å². The topological polar surface area (TPSA) is 38.3 Å². The van der Waals surface area contributed by atoms with Crippen LogP contribution in [0.3, 0.4) is 0 Å². The van der Waals surface area contributed by atoms with Gasteiger partial charge in [-0.1, -0.05) is 13.8 Å². The highest BCUT2D eigenvalue weighted by Gasteiger charge is 1.94. The SMILES string of the molecule is CC(=O)COCCCCNC(C)C. The highest BCUT2D eigenvalue weighted by atomic mass is 16.5. The summed E-state index contributed by atoms with van der Waals surface area (Å²) >= 11 is 0. The molecule has 0 aromatic rings. The highest BCUT2D eigenvalue weighted by Crippen LogP contribution is 1.89. The van der Waals surface area contributed by atoms with E-state index in [1.54, 1.807) is 6.92 Å². The summed E-state index contributed by atoms with van der Waals surface area (Å²) in [5.41, 5.74) is 0. The fourth-order valence-electron chi connectivity index (χ4n) is 0.936. The van der Waals surface area contributed by atoms with Crippen molar-refractivity contribution in [3.05, 3.63) is 0 Å². The van der Waals surface area contributed by atoms with Crippen molar-refractivity contribution in [1.29, 1.82) is 0 Å². The molecule has 3 heteroatoms. The van der Waals surface area contributed by atoms with E-state index in [0.717, 1.165) is 19.4 Å². The predicted octanol–water partition coefficient (Wildman–Crippen LogP) is 1.37. The quantitative estimate of drug-likeness (QED) is 0.583. The van der Waals surface area contributed by atoms with E-state index in [1.165, 1.54) is 0 Å². The fourth-order valence-corrected chi connectivity index (χ4v) is 0.936. The molecule has 0 radical (unpaired) electrons. The Balaban J connectivity index is 2.96. The van der Waals surface area contributed by atoms with Crippen molar-refractivity contribution in [3.63, 3.8) is 0 Å².